The van der Waals surface area contributed by atoms with Gasteiger partial charge in [0.05, 0.1) is 5.92 Å². The van der Waals surface area contributed by atoms with Gasteiger partial charge in [-0.1, -0.05) is 23.7 Å². The van der Waals surface area contributed by atoms with Crippen molar-refractivity contribution in [2.45, 2.75) is 12.8 Å². The Morgan fingerprint density at radius 2 is 2.11 bits per heavy atom. The van der Waals surface area contributed by atoms with E-state index >= 15 is 0 Å². The Morgan fingerprint density at radius 1 is 1.44 bits per heavy atom. The van der Waals surface area contributed by atoms with Crippen molar-refractivity contribution in [3.8, 4) is 0 Å². The molecule has 1 heterocycles. The number of hydrogen-bond acceptors (Lipinski definition) is 4. The molecule has 1 aromatic carbocycles. The standard InChI is InChI=1S/C12H11ClN2O2S/c1-7(11(16)17)8-2-4-9(5-3-8)14-12-15-10(13)6-18-12/h2-7H,1H3,(H,14,15)(H,16,17)/t7-/m0/s1. The van der Waals surface area contributed by atoms with Crippen molar-refractivity contribution < 1.29 is 9.90 Å². The van der Waals surface area contributed by atoms with Crippen LogP contribution in [0.4, 0.5) is 10.8 Å². The lowest BCUT2D eigenvalue weighted by atomic mass is 10.0. The van der Waals surface area contributed by atoms with Crippen LogP contribution in [0.5, 0.6) is 0 Å². The van der Waals surface area contributed by atoms with Crippen molar-refractivity contribution in [3.05, 3.63) is 40.4 Å². The van der Waals surface area contributed by atoms with Crippen LogP contribution >= 0.6 is 22.9 Å². The van der Waals surface area contributed by atoms with Gasteiger partial charge in [0.2, 0.25) is 0 Å². The van der Waals surface area contributed by atoms with Gasteiger partial charge < -0.3 is 10.4 Å². The first-order valence-electron chi connectivity index (χ1n) is 5.27. The number of thiazole rings is 1. The monoisotopic (exact) mass is 282 g/mol. The van der Waals surface area contributed by atoms with Crippen molar-refractivity contribution in [2.75, 3.05) is 5.32 Å². The van der Waals surface area contributed by atoms with Gasteiger partial charge in [-0.3, -0.25) is 4.79 Å². The predicted octanol–water partition coefficient (Wildman–Crippen LogP) is 3.73. The highest BCUT2D eigenvalue weighted by Crippen LogP contribution is 2.24. The van der Waals surface area contributed by atoms with Crippen molar-refractivity contribution in [3.63, 3.8) is 0 Å². The zero-order valence-corrected chi connectivity index (χ0v) is 11.1. The summed E-state index contributed by atoms with van der Waals surface area (Å²) in [4.78, 5) is 14.9. The topological polar surface area (TPSA) is 62.2 Å². The quantitative estimate of drug-likeness (QED) is 0.897. The lowest BCUT2D eigenvalue weighted by Crippen LogP contribution is -2.07. The van der Waals surface area contributed by atoms with E-state index in [1.54, 1.807) is 24.4 Å². The molecule has 1 aromatic heterocycles. The summed E-state index contributed by atoms with van der Waals surface area (Å²) in [5.41, 5.74) is 1.62. The molecule has 94 valence electrons. The maximum absolute atomic E-state index is 10.8. The highest BCUT2D eigenvalue weighted by molar-refractivity contribution is 7.14. The van der Waals surface area contributed by atoms with Crippen molar-refractivity contribution in [2.24, 2.45) is 0 Å². The summed E-state index contributed by atoms with van der Waals surface area (Å²) >= 11 is 7.13. The van der Waals surface area contributed by atoms with E-state index in [1.807, 2.05) is 12.1 Å². The molecule has 2 aromatic rings. The first kappa shape index (κ1) is 12.9. The maximum Gasteiger partial charge on any atom is 0.310 e. The fourth-order valence-electron chi connectivity index (χ4n) is 1.43. The van der Waals surface area contributed by atoms with Gasteiger partial charge in [-0.05, 0) is 24.6 Å². The fourth-order valence-corrected chi connectivity index (χ4v) is 2.29. The van der Waals surface area contributed by atoms with E-state index in [4.69, 9.17) is 16.7 Å². The molecule has 0 aliphatic carbocycles. The van der Waals surface area contributed by atoms with E-state index < -0.39 is 11.9 Å². The van der Waals surface area contributed by atoms with E-state index in [2.05, 4.69) is 10.3 Å². The Labute approximate surface area is 113 Å². The molecule has 6 heteroatoms. The van der Waals surface area contributed by atoms with Gasteiger partial charge >= 0.3 is 5.97 Å². The zero-order chi connectivity index (χ0) is 13.1. The third kappa shape index (κ3) is 3.00. The number of carboxylic acid groups (broad SMARTS) is 1. The van der Waals surface area contributed by atoms with Crippen molar-refractivity contribution in [1.82, 2.24) is 4.98 Å². The molecule has 4 nitrogen and oxygen atoms in total. The van der Waals surface area contributed by atoms with Crippen molar-refractivity contribution in [1.29, 1.82) is 0 Å². The van der Waals surface area contributed by atoms with Crippen LogP contribution < -0.4 is 5.32 Å². The Kier molecular flexibility index (Phi) is 3.84. The second-order valence-electron chi connectivity index (χ2n) is 3.78. The first-order chi connectivity index (χ1) is 8.56. The molecule has 2 N–H and O–H groups in total. The summed E-state index contributed by atoms with van der Waals surface area (Å²) in [5, 5.41) is 14.9. The fraction of sp³-hybridized carbons (Fsp3) is 0.167. The van der Waals surface area contributed by atoms with Gasteiger partial charge in [0.15, 0.2) is 5.13 Å². The summed E-state index contributed by atoms with van der Waals surface area (Å²) in [6, 6.07) is 7.22. The number of hydrogen-bond donors (Lipinski definition) is 2. The number of aliphatic carboxylic acids is 1. The molecule has 0 unspecified atom stereocenters. The molecule has 0 amide bonds. The van der Waals surface area contributed by atoms with E-state index in [0.29, 0.717) is 10.3 Å². The number of nitrogens with one attached hydrogen (secondary N) is 1. The van der Waals surface area contributed by atoms with Gasteiger partial charge in [-0.25, -0.2) is 4.98 Å². The summed E-state index contributed by atoms with van der Waals surface area (Å²) in [7, 11) is 0. The SMILES string of the molecule is C[C@H](C(=O)O)c1ccc(Nc2nc(Cl)cs2)cc1. The number of aromatic nitrogens is 1. The normalized spacial score (nSPS) is 12.1. The lowest BCUT2D eigenvalue weighted by Gasteiger charge is -2.08. The number of benzene rings is 1. The molecule has 18 heavy (non-hydrogen) atoms. The van der Waals surface area contributed by atoms with E-state index in [9.17, 15) is 4.79 Å². The number of halogens is 1. The van der Waals surface area contributed by atoms with Crippen LogP contribution in [0, 0.1) is 0 Å². The summed E-state index contributed by atoms with van der Waals surface area (Å²) in [5.74, 6) is -1.34. The summed E-state index contributed by atoms with van der Waals surface area (Å²) in [6.07, 6.45) is 0. The van der Waals surface area contributed by atoms with Crippen LogP contribution in [0.1, 0.15) is 18.4 Å². The molecule has 0 fully saturated rings. The van der Waals surface area contributed by atoms with Gasteiger partial charge in [0.1, 0.15) is 5.15 Å². The molecule has 0 saturated heterocycles. The summed E-state index contributed by atoms with van der Waals surface area (Å²) in [6.45, 7) is 1.66. The minimum Gasteiger partial charge on any atom is -0.481 e. The van der Waals surface area contributed by atoms with Gasteiger partial charge in [-0.2, -0.15) is 0 Å². The Bertz CT molecular complexity index is 553. The number of nitrogens with zero attached hydrogens (tertiary/aromatic N) is 1. The third-order valence-corrected chi connectivity index (χ3v) is 3.59. The Hall–Kier alpha value is -1.59. The number of carboxylic acids is 1. The van der Waals surface area contributed by atoms with E-state index in [-0.39, 0.29) is 0 Å². The van der Waals surface area contributed by atoms with Crippen molar-refractivity contribution >= 4 is 39.7 Å². The molecule has 0 aliphatic heterocycles. The Balaban J connectivity index is 2.10. The molecule has 2 rings (SSSR count). The van der Waals surface area contributed by atoms with Crippen LogP contribution in [0.3, 0.4) is 0 Å². The van der Waals surface area contributed by atoms with Crippen LogP contribution in [0.15, 0.2) is 29.6 Å². The van der Waals surface area contributed by atoms with Crippen LogP contribution in [-0.4, -0.2) is 16.1 Å². The Morgan fingerprint density at radius 3 is 2.61 bits per heavy atom. The smallest absolute Gasteiger partial charge is 0.310 e. The lowest BCUT2D eigenvalue weighted by molar-refractivity contribution is -0.138. The average Bonchev–Trinajstić information content (AvgIpc) is 2.75. The van der Waals surface area contributed by atoms with Crippen LogP contribution in [-0.2, 0) is 4.79 Å². The van der Waals surface area contributed by atoms with Gasteiger partial charge in [0.25, 0.3) is 0 Å². The highest BCUT2D eigenvalue weighted by atomic mass is 35.5. The van der Waals surface area contributed by atoms with Crippen LogP contribution in [0.25, 0.3) is 0 Å². The maximum atomic E-state index is 10.8. The molecule has 0 aliphatic rings. The third-order valence-electron chi connectivity index (χ3n) is 2.51. The number of carbonyl (C=O) groups is 1. The van der Waals surface area contributed by atoms with E-state index in [1.165, 1.54) is 11.3 Å². The second-order valence-corrected chi connectivity index (χ2v) is 5.03. The zero-order valence-electron chi connectivity index (χ0n) is 9.55. The average molecular weight is 283 g/mol. The number of rotatable bonds is 4. The van der Waals surface area contributed by atoms with Gasteiger partial charge in [0, 0.05) is 11.1 Å². The second kappa shape index (κ2) is 5.37. The van der Waals surface area contributed by atoms with Gasteiger partial charge in [-0.15, -0.1) is 11.3 Å². The van der Waals surface area contributed by atoms with Crippen LogP contribution in [0.2, 0.25) is 5.15 Å². The first-order valence-corrected chi connectivity index (χ1v) is 6.53. The molecular weight excluding hydrogens is 272 g/mol. The molecular formula is C12H11ClN2O2S. The molecule has 0 bridgehead atoms. The minimum atomic E-state index is -0.831. The minimum absolute atomic E-state index is 0.457. The summed E-state index contributed by atoms with van der Waals surface area (Å²) < 4.78 is 0. The highest BCUT2D eigenvalue weighted by Gasteiger charge is 2.13. The molecule has 1 atom stereocenters. The van der Waals surface area contributed by atoms with E-state index in [0.717, 1.165) is 11.3 Å². The molecule has 0 spiro atoms. The number of anilines is 2. The molecule has 0 radical (unpaired) electrons. The predicted molar refractivity (Wildman–Crippen MR) is 72.9 cm³/mol. The molecule has 0 saturated carbocycles. The largest absolute Gasteiger partial charge is 0.481 e.